The Morgan fingerprint density at radius 1 is 1.67 bits per heavy atom. The van der Waals surface area contributed by atoms with Gasteiger partial charge >= 0.3 is 0 Å². The average molecular weight is 209 g/mol. The molecule has 2 fully saturated rings. The minimum atomic E-state index is 0.157. The lowest BCUT2D eigenvalue weighted by Crippen LogP contribution is -2.46. The summed E-state index contributed by atoms with van der Waals surface area (Å²) in [5.41, 5.74) is 8.20. The lowest BCUT2D eigenvalue weighted by molar-refractivity contribution is -0.124. The maximum absolute atomic E-state index is 11.5. The fourth-order valence-electron chi connectivity index (χ4n) is 2.54. The van der Waals surface area contributed by atoms with Crippen LogP contribution in [-0.2, 0) is 4.79 Å². The number of amides is 1. The van der Waals surface area contributed by atoms with Crippen LogP contribution in [-0.4, -0.2) is 43.0 Å². The smallest absolute Gasteiger partial charge is 0.224 e. The van der Waals surface area contributed by atoms with E-state index in [0.29, 0.717) is 12.6 Å². The summed E-state index contributed by atoms with van der Waals surface area (Å²) >= 11 is 0. The van der Waals surface area contributed by atoms with Crippen molar-refractivity contribution in [2.45, 2.75) is 18.9 Å². The summed E-state index contributed by atoms with van der Waals surface area (Å²) in [4.78, 5) is 16.5. The molecule has 2 heterocycles. The van der Waals surface area contributed by atoms with Gasteiger partial charge in [-0.1, -0.05) is 5.11 Å². The Labute approximate surface area is 88.3 Å². The molecular weight excluding hydrogens is 194 g/mol. The summed E-state index contributed by atoms with van der Waals surface area (Å²) in [5.74, 6) is 0.346. The van der Waals surface area contributed by atoms with Gasteiger partial charge in [-0.3, -0.25) is 9.69 Å². The Hall–Kier alpha value is -1.26. The third kappa shape index (κ3) is 2.06. The molecular formula is C9H15N5O. The van der Waals surface area contributed by atoms with Crippen LogP contribution in [0.3, 0.4) is 0 Å². The quantitative estimate of drug-likeness (QED) is 0.417. The molecule has 0 aromatic carbocycles. The Bertz CT molecular complexity index is 299. The van der Waals surface area contributed by atoms with Crippen LogP contribution in [0, 0.1) is 5.92 Å². The number of hydrogen-bond acceptors (Lipinski definition) is 3. The van der Waals surface area contributed by atoms with Gasteiger partial charge in [0.2, 0.25) is 5.91 Å². The van der Waals surface area contributed by atoms with Crippen LogP contribution in [0.2, 0.25) is 0 Å². The Morgan fingerprint density at radius 2 is 2.53 bits per heavy atom. The number of nitrogens with one attached hydrogen (secondary N) is 1. The number of hydrogen-bond donors (Lipinski definition) is 1. The predicted molar refractivity (Wildman–Crippen MR) is 55.1 cm³/mol. The normalized spacial score (nSPS) is 30.5. The van der Waals surface area contributed by atoms with Crippen LogP contribution in [0.15, 0.2) is 5.11 Å². The summed E-state index contributed by atoms with van der Waals surface area (Å²) < 4.78 is 0. The van der Waals surface area contributed by atoms with E-state index in [1.54, 1.807) is 0 Å². The standard InChI is InChI=1S/C9H15N5O/c10-13-12-3-5-14-4-1-2-7-8(14)6-11-9(7)15/h7-8H,1-6H2,(H,11,15). The Balaban J connectivity index is 1.94. The summed E-state index contributed by atoms with van der Waals surface area (Å²) in [6, 6.07) is 0.320. The van der Waals surface area contributed by atoms with E-state index in [-0.39, 0.29) is 11.8 Å². The van der Waals surface area contributed by atoms with E-state index in [2.05, 4.69) is 20.2 Å². The van der Waals surface area contributed by atoms with Crippen LogP contribution in [0.4, 0.5) is 0 Å². The fraction of sp³-hybridized carbons (Fsp3) is 0.889. The van der Waals surface area contributed by atoms with Crippen LogP contribution in [0.1, 0.15) is 12.8 Å². The third-order valence-electron chi connectivity index (χ3n) is 3.27. The maximum atomic E-state index is 11.5. The molecule has 1 amide bonds. The summed E-state index contributed by atoms with van der Waals surface area (Å²) in [6.45, 7) is 3.02. The summed E-state index contributed by atoms with van der Waals surface area (Å²) in [6.07, 6.45) is 2.05. The fourth-order valence-corrected chi connectivity index (χ4v) is 2.54. The first kappa shape index (κ1) is 10.3. The zero-order chi connectivity index (χ0) is 10.7. The van der Waals surface area contributed by atoms with Crippen molar-refractivity contribution >= 4 is 5.91 Å². The monoisotopic (exact) mass is 209 g/mol. The van der Waals surface area contributed by atoms with Gasteiger partial charge in [-0.15, -0.1) is 0 Å². The topological polar surface area (TPSA) is 81.1 Å². The highest BCUT2D eigenvalue weighted by atomic mass is 16.2. The molecule has 2 aliphatic heterocycles. The van der Waals surface area contributed by atoms with Crippen molar-refractivity contribution in [3.05, 3.63) is 10.4 Å². The number of azide groups is 1. The molecule has 2 rings (SSSR count). The number of carbonyl (C=O) groups excluding carboxylic acids is 1. The van der Waals surface area contributed by atoms with E-state index in [9.17, 15) is 4.79 Å². The molecule has 2 unspecified atom stereocenters. The highest BCUT2D eigenvalue weighted by molar-refractivity contribution is 5.82. The molecule has 15 heavy (non-hydrogen) atoms. The number of likely N-dealkylation sites (tertiary alicyclic amines) is 1. The van der Waals surface area contributed by atoms with Gasteiger partial charge < -0.3 is 5.32 Å². The van der Waals surface area contributed by atoms with E-state index in [0.717, 1.165) is 32.5 Å². The molecule has 0 bridgehead atoms. The van der Waals surface area contributed by atoms with Gasteiger partial charge in [0, 0.05) is 30.6 Å². The van der Waals surface area contributed by atoms with Crippen molar-refractivity contribution in [1.82, 2.24) is 10.2 Å². The molecule has 0 aliphatic carbocycles. The maximum Gasteiger partial charge on any atom is 0.224 e. The minimum absolute atomic E-state index is 0.157. The van der Waals surface area contributed by atoms with Crippen molar-refractivity contribution in [3.63, 3.8) is 0 Å². The molecule has 0 aromatic heterocycles. The summed E-state index contributed by atoms with van der Waals surface area (Å²) in [5, 5.41) is 6.43. The molecule has 0 radical (unpaired) electrons. The van der Waals surface area contributed by atoms with Gasteiger partial charge in [0.05, 0.1) is 5.92 Å². The van der Waals surface area contributed by atoms with Crippen LogP contribution >= 0.6 is 0 Å². The first-order valence-electron chi connectivity index (χ1n) is 5.35. The van der Waals surface area contributed by atoms with Crippen molar-refractivity contribution in [2.24, 2.45) is 11.0 Å². The average Bonchev–Trinajstić information content (AvgIpc) is 2.62. The molecule has 2 saturated heterocycles. The Kier molecular flexibility index (Phi) is 3.08. The molecule has 6 nitrogen and oxygen atoms in total. The zero-order valence-corrected chi connectivity index (χ0v) is 8.59. The molecule has 2 aliphatic rings. The highest BCUT2D eigenvalue weighted by Gasteiger charge is 2.40. The number of nitrogens with zero attached hydrogens (tertiary/aromatic N) is 4. The molecule has 0 saturated carbocycles. The van der Waals surface area contributed by atoms with Crippen molar-refractivity contribution in [1.29, 1.82) is 0 Å². The number of fused-ring (bicyclic) bond motifs is 1. The van der Waals surface area contributed by atoms with Gasteiger partial charge in [-0.25, -0.2) is 0 Å². The predicted octanol–water partition coefficient (Wildman–Crippen LogP) is 0.507. The van der Waals surface area contributed by atoms with E-state index in [4.69, 9.17) is 5.53 Å². The molecule has 6 heteroatoms. The van der Waals surface area contributed by atoms with Crippen LogP contribution < -0.4 is 5.32 Å². The second kappa shape index (κ2) is 4.51. The van der Waals surface area contributed by atoms with Crippen molar-refractivity contribution < 1.29 is 4.79 Å². The van der Waals surface area contributed by atoms with Gasteiger partial charge in [-0.2, -0.15) is 0 Å². The zero-order valence-electron chi connectivity index (χ0n) is 8.59. The minimum Gasteiger partial charge on any atom is -0.354 e. The molecule has 2 atom stereocenters. The molecule has 0 spiro atoms. The van der Waals surface area contributed by atoms with Gasteiger partial charge in [0.25, 0.3) is 0 Å². The van der Waals surface area contributed by atoms with E-state index >= 15 is 0 Å². The van der Waals surface area contributed by atoms with Crippen LogP contribution in [0.25, 0.3) is 10.4 Å². The lowest BCUT2D eigenvalue weighted by atomic mass is 9.91. The number of piperidine rings is 1. The van der Waals surface area contributed by atoms with Crippen molar-refractivity contribution in [3.8, 4) is 0 Å². The summed E-state index contributed by atoms with van der Waals surface area (Å²) in [7, 11) is 0. The van der Waals surface area contributed by atoms with Gasteiger partial charge in [0.1, 0.15) is 0 Å². The first-order chi connectivity index (χ1) is 7.33. The van der Waals surface area contributed by atoms with Gasteiger partial charge in [-0.05, 0) is 24.9 Å². The lowest BCUT2D eigenvalue weighted by Gasteiger charge is -2.35. The second-order valence-electron chi connectivity index (χ2n) is 4.05. The highest BCUT2D eigenvalue weighted by Crippen LogP contribution is 2.26. The largest absolute Gasteiger partial charge is 0.354 e. The Morgan fingerprint density at radius 3 is 3.33 bits per heavy atom. The molecule has 82 valence electrons. The first-order valence-corrected chi connectivity index (χ1v) is 5.35. The van der Waals surface area contributed by atoms with Gasteiger partial charge in [0.15, 0.2) is 0 Å². The second-order valence-corrected chi connectivity index (χ2v) is 4.05. The number of carbonyl (C=O) groups is 1. The van der Waals surface area contributed by atoms with Crippen LogP contribution in [0.5, 0.6) is 0 Å². The van der Waals surface area contributed by atoms with E-state index < -0.39 is 0 Å². The molecule has 1 N–H and O–H groups in total. The van der Waals surface area contributed by atoms with E-state index in [1.807, 2.05) is 0 Å². The number of rotatable bonds is 3. The SMILES string of the molecule is [N-]=[N+]=NCCN1CCCC2C(=O)NCC21. The van der Waals surface area contributed by atoms with Crippen molar-refractivity contribution in [2.75, 3.05) is 26.2 Å². The molecule has 0 aromatic rings. The van der Waals surface area contributed by atoms with E-state index in [1.165, 1.54) is 0 Å². The third-order valence-corrected chi connectivity index (χ3v) is 3.27.